The van der Waals surface area contributed by atoms with E-state index in [1.165, 1.54) is 0 Å². The second kappa shape index (κ2) is 7.38. The number of benzene rings is 1. The van der Waals surface area contributed by atoms with Crippen LogP contribution in [0.2, 0.25) is 0 Å². The monoisotopic (exact) mass is 329 g/mol. The highest BCUT2D eigenvalue weighted by atomic mass is 16.5. The molecule has 1 saturated heterocycles. The fourth-order valence-electron chi connectivity index (χ4n) is 3.14. The van der Waals surface area contributed by atoms with Gasteiger partial charge in [0.25, 0.3) is 5.91 Å². The number of nitrogens with zero attached hydrogens (tertiary/aromatic N) is 2. The summed E-state index contributed by atoms with van der Waals surface area (Å²) in [6.45, 7) is 3.93. The van der Waals surface area contributed by atoms with E-state index in [0.29, 0.717) is 30.2 Å². The summed E-state index contributed by atoms with van der Waals surface area (Å²) in [5, 5.41) is 0. The number of hydrogen-bond acceptors (Lipinski definition) is 4. The van der Waals surface area contributed by atoms with Crippen LogP contribution in [0.25, 0.3) is 0 Å². The third-order valence-corrected chi connectivity index (χ3v) is 4.33. The predicted octanol–water partition coefficient (Wildman–Crippen LogP) is 2.84. The van der Waals surface area contributed by atoms with Gasteiger partial charge in [-0.1, -0.05) is 0 Å². The number of amides is 1. The second-order valence-corrected chi connectivity index (χ2v) is 5.86. The Morgan fingerprint density at radius 3 is 3.00 bits per heavy atom. The number of nitrogens with one attached hydrogen (secondary N) is 1. The molecular weight excluding hydrogens is 306 g/mol. The zero-order valence-corrected chi connectivity index (χ0v) is 14.1. The Bertz CT molecular complexity index is 685. The van der Waals surface area contributed by atoms with E-state index >= 15 is 0 Å². The first-order valence-corrected chi connectivity index (χ1v) is 8.32. The Morgan fingerprint density at radius 2 is 2.29 bits per heavy atom. The Balaban J connectivity index is 1.76. The number of piperidine rings is 1. The number of aromatic amines is 1. The second-order valence-electron chi connectivity index (χ2n) is 5.86. The number of carbonyl (C=O) groups is 1. The van der Waals surface area contributed by atoms with Gasteiger partial charge in [0.15, 0.2) is 11.5 Å². The van der Waals surface area contributed by atoms with E-state index in [2.05, 4.69) is 9.97 Å². The van der Waals surface area contributed by atoms with Crippen molar-refractivity contribution in [3.05, 3.63) is 42.0 Å². The zero-order valence-electron chi connectivity index (χ0n) is 14.1. The smallest absolute Gasteiger partial charge is 0.254 e. The van der Waals surface area contributed by atoms with E-state index in [1.807, 2.05) is 18.0 Å². The summed E-state index contributed by atoms with van der Waals surface area (Å²) in [5.41, 5.74) is 0.621. The number of likely N-dealkylation sites (tertiary alicyclic amines) is 1. The van der Waals surface area contributed by atoms with Crippen molar-refractivity contribution in [1.29, 1.82) is 0 Å². The standard InChI is InChI=1S/C18H23N3O3/c1-3-24-15-7-6-13(11-16(15)23-2)18(22)21-10-4-5-14(12-21)17-19-8-9-20-17/h6-9,11,14H,3-5,10,12H2,1-2H3,(H,19,20). The van der Waals surface area contributed by atoms with Crippen LogP contribution >= 0.6 is 0 Å². The molecule has 1 amide bonds. The Labute approximate surface area is 141 Å². The van der Waals surface area contributed by atoms with Crippen LogP contribution < -0.4 is 9.47 Å². The molecule has 0 radical (unpaired) electrons. The van der Waals surface area contributed by atoms with Crippen molar-refractivity contribution in [2.24, 2.45) is 0 Å². The molecule has 128 valence electrons. The lowest BCUT2D eigenvalue weighted by Crippen LogP contribution is -2.39. The molecule has 24 heavy (non-hydrogen) atoms. The van der Waals surface area contributed by atoms with Gasteiger partial charge < -0.3 is 19.4 Å². The first kappa shape index (κ1) is 16.4. The average Bonchev–Trinajstić information content (AvgIpc) is 3.16. The van der Waals surface area contributed by atoms with Crippen molar-refractivity contribution in [3.8, 4) is 11.5 Å². The lowest BCUT2D eigenvalue weighted by molar-refractivity contribution is 0.0704. The van der Waals surface area contributed by atoms with Gasteiger partial charge in [-0.3, -0.25) is 4.79 Å². The quantitative estimate of drug-likeness (QED) is 0.916. The molecule has 1 aromatic carbocycles. The number of H-pyrrole nitrogens is 1. The normalized spacial score (nSPS) is 17.6. The molecule has 1 unspecified atom stereocenters. The molecule has 2 aromatic rings. The molecule has 6 nitrogen and oxygen atoms in total. The number of aromatic nitrogens is 2. The molecule has 1 atom stereocenters. The van der Waals surface area contributed by atoms with Crippen molar-refractivity contribution in [3.63, 3.8) is 0 Å². The van der Waals surface area contributed by atoms with E-state index in [1.54, 1.807) is 31.5 Å². The van der Waals surface area contributed by atoms with Gasteiger partial charge in [-0.2, -0.15) is 0 Å². The molecule has 1 aliphatic heterocycles. The Kier molecular flexibility index (Phi) is 5.03. The van der Waals surface area contributed by atoms with Crippen molar-refractivity contribution >= 4 is 5.91 Å². The highest BCUT2D eigenvalue weighted by Gasteiger charge is 2.27. The summed E-state index contributed by atoms with van der Waals surface area (Å²) in [6, 6.07) is 5.35. The summed E-state index contributed by atoms with van der Waals surface area (Å²) < 4.78 is 10.9. The number of imidazole rings is 1. The maximum absolute atomic E-state index is 12.9. The first-order valence-electron chi connectivity index (χ1n) is 8.32. The SMILES string of the molecule is CCOc1ccc(C(=O)N2CCCC(c3ncc[nH]3)C2)cc1OC. The fourth-order valence-corrected chi connectivity index (χ4v) is 3.14. The van der Waals surface area contributed by atoms with Crippen molar-refractivity contribution < 1.29 is 14.3 Å². The van der Waals surface area contributed by atoms with E-state index in [0.717, 1.165) is 25.2 Å². The van der Waals surface area contributed by atoms with Crippen molar-refractivity contribution in [2.45, 2.75) is 25.7 Å². The van der Waals surface area contributed by atoms with Crippen LogP contribution in [0.15, 0.2) is 30.6 Å². The summed E-state index contributed by atoms with van der Waals surface area (Å²) in [4.78, 5) is 22.2. The van der Waals surface area contributed by atoms with Gasteiger partial charge >= 0.3 is 0 Å². The Hall–Kier alpha value is -2.50. The fraction of sp³-hybridized carbons (Fsp3) is 0.444. The molecule has 1 aromatic heterocycles. The van der Waals surface area contributed by atoms with E-state index in [-0.39, 0.29) is 11.8 Å². The summed E-state index contributed by atoms with van der Waals surface area (Å²) >= 11 is 0. The van der Waals surface area contributed by atoms with E-state index in [9.17, 15) is 4.79 Å². The van der Waals surface area contributed by atoms with Crippen LogP contribution in [0.3, 0.4) is 0 Å². The molecule has 0 spiro atoms. The minimum absolute atomic E-state index is 0.0209. The average molecular weight is 329 g/mol. The van der Waals surface area contributed by atoms with Gasteiger partial charge in [-0.15, -0.1) is 0 Å². The van der Waals surface area contributed by atoms with Gasteiger partial charge in [-0.05, 0) is 38.0 Å². The molecule has 1 aliphatic rings. The van der Waals surface area contributed by atoms with Crippen LogP contribution in [0, 0.1) is 0 Å². The van der Waals surface area contributed by atoms with E-state index in [4.69, 9.17) is 9.47 Å². The van der Waals surface area contributed by atoms with Crippen LogP contribution in [0.4, 0.5) is 0 Å². The minimum atomic E-state index is 0.0209. The maximum Gasteiger partial charge on any atom is 0.254 e. The Morgan fingerprint density at radius 1 is 1.42 bits per heavy atom. The largest absolute Gasteiger partial charge is 0.493 e. The number of methoxy groups -OCH3 is 1. The number of ether oxygens (including phenoxy) is 2. The molecule has 0 aliphatic carbocycles. The maximum atomic E-state index is 12.9. The van der Waals surface area contributed by atoms with Gasteiger partial charge in [0.05, 0.1) is 13.7 Å². The lowest BCUT2D eigenvalue weighted by atomic mass is 9.96. The zero-order chi connectivity index (χ0) is 16.9. The highest BCUT2D eigenvalue weighted by molar-refractivity contribution is 5.95. The van der Waals surface area contributed by atoms with Crippen LogP contribution in [0.1, 0.15) is 41.9 Å². The summed E-state index contributed by atoms with van der Waals surface area (Å²) in [6.07, 6.45) is 5.61. The molecule has 1 fully saturated rings. The molecule has 3 rings (SSSR count). The lowest BCUT2D eigenvalue weighted by Gasteiger charge is -2.32. The molecule has 6 heteroatoms. The third-order valence-electron chi connectivity index (χ3n) is 4.33. The molecule has 0 bridgehead atoms. The van der Waals surface area contributed by atoms with Crippen LogP contribution in [0.5, 0.6) is 11.5 Å². The number of rotatable bonds is 5. The number of hydrogen-bond donors (Lipinski definition) is 1. The van der Waals surface area contributed by atoms with Crippen LogP contribution in [-0.4, -0.2) is 47.6 Å². The van der Waals surface area contributed by atoms with Crippen molar-refractivity contribution in [1.82, 2.24) is 14.9 Å². The first-order chi connectivity index (χ1) is 11.7. The van der Waals surface area contributed by atoms with Gasteiger partial charge in [0.1, 0.15) is 5.82 Å². The molecular formula is C18H23N3O3. The van der Waals surface area contributed by atoms with Gasteiger partial charge in [0.2, 0.25) is 0 Å². The van der Waals surface area contributed by atoms with E-state index < -0.39 is 0 Å². The topological polar surface area (TPSA) is 67.5 Å². The third kappa shape index (κ3) is 3.37. The van der Waals surface area contributed by atoms with Crippen molar-refractivity contribution in [2.75, 3.05) is 26.8 Å². The minimum Gasteiger partial charge on any atom is -0.493 e. The number of carbonyl (C=O) groups excluding carboxylic acids is 1. The summed E-state index contributed by atoms with van der Waals surface area (Å²) in [7, 11) is 1.58. The van der Waals surface area contributed by atoms with Gasteiger partial charge in [0, 0.05) is 37.0 Å². The van der Waals surface area contributed by atoms with Crippen LogP contribution in [-0.2, 0) is 0 Å². The van der Waals surface area contributed by atoms with Gasteiger partial charge in [-0.25, -0.2) is 4.98 Å². The predicted molar refractivity (Wildman–Crippen MR) is 90.6 cm³/mol. The highest BCUT2D eigenvalue weighted by Crippen LogP contribution is 2.30. The molecule has 0 saturated carbocycles. The summed E-state index contributed by atoms with van der Waals surface area (Å²) in [5.74, 6) is 2.48. The molecule has 2 heterocycles. The molecule has 1 N–H and O–H groups in total.